The molecular formula is C17H15ClN4O. The maximum atomic E-state index is 12.5. The molecule has 0 spiro atoms. The van der Waals surface area contributed by atoms with Crippen molar-refractivity contribution in [1.82, 2.24) is 14.8 Å². The van der Waals surface area contributed by atoms with Crippen LogP contribution >= 0.6 is 11.6 Å². The minimum atomic E-state index is -0.264. The van der Waals surface area contributed by atoms with Gasteiger partial charge in [-0.1, -0.05) is 35.9 Å². The molecule has 116 valence electrons. The summed E-state index contributed by atoms with van der Waals surface area (Å²) in [6.45, 7) is 1.89. The lowest BCUT2D eigenvalue weighted by molar-refractivity contribution is 0.101. The van der Waals surface area contributed by atoms with Crippen molar-refractivity contribution in [2.45, 2.75) is 6.92 Å². The molecule has 2 heterocycles. The van der Waals surface area contributed by atoms with E-state index in [1.165, 1.54) is 4.68 Å². The first-order valence-electron chi connectivity index (χ1n) is 7.08. The van der Waals surface area contributed by atoms with Crippen LogP contribution in [0.25, 0.3) is 11.3 Å². The third kappa shape index (κ3) is 3.10. The fourth-order valence-electron chi connectivity index (χ4n) is 2.27. The van der Waals surface area contributed by atoms with Crippen LogP contribution in [-0.4, -0.2) is 20.7 Å². The molecule has 0 aliphatic rings. The van der Waals surface area contributed by atoms with E-state index in [9.17, 15) is 4.79 Å². The number of aromatic nitrogens is 3. The van der Waals surface area contributed by atoms with E-state index in [1.54, 1.807) is 25.4 Å². The Labute approximate surface area is 138 Å². The van der Waals surface area contributed by atoms with E-state index in [1.807, 2.05) is 37.3 Å². The second-order valence-corrected chi connectivity index (χ2v) is 5.55. The summed E-state index contributed by atoms with van der Waals surface area (Å²) in [7, 11) is 1.72. The Morgan fingerprint density at radius 3 is 2.74 bits per heavy atom. The fourth-order valence-corrected chi connectivity index (χ4v) is 2.50. The molecule has 0 atom stereocenters. The summed E-state index contributed by atoms with van der Waals surface area (Å²) in [5.41, 5.74) is 2.78. The molecule has 0 aliphatic carbocycles. The van der Waals surface area contributed by atoms with E-state index >= 15 is 0 Å². The normalized spacial score (nSPS) is 10.6. The number of benzene rings is 1. The number of hydrogen-bond acceptors (Lipinski definition) is 3. The summed E-state index contributed by atoms with van der Waals surface area (Å²) in [4.78, 5) is 16.6. The molecule has 3 aromatic rings. The molecule has 1 amide bonds. The van der Waals surface area contributed by atoms with Gasteiger partial charge in [0.25, 0.3) is 5.91 Å². The number of rotatable bonds is 3. The number of carbonyl (C=O) groups is 1. The quantitative estimate of drug-likeness (QED) is 0.798. The summed E-state index contributed by atoms with van der Waals surface area (Å²) in [6.07, 6.45) is 1.64. The molecule has 0 saturated carbocycles. The number of halogens is 1. The molecule has 0 fully saturated rings. The number of nitrogens with zero attached hydrogens (tertiary/aromatic N) is 3. The maximum Gasteiger partial charge on any atom is 0.275 e. The molecule has 0 unspecified atom stereocenters. The Morgan fingerprint density at radius 2 is 2.00 bits per heavy atom. The van der Waals surface area contributed by atoms with E-state index in [2.05, 4.69) is 15.4 Å². The Morgan fingerprint density at radius 1 is 1.22 bits per heavy atom. The summed E-state index contributed by atoms with van der Waals surface area (Å²) in [5.74, 6) is 0.276. The van der Waals surface area contributed by atoms with Gasteiger partial charge >= 0.3 is 0 Å². The summed E-state index contributed by atoms with van der Waals surface area (Å²) in [5, 5.41) is 7.78. The number of carbonyl (C=O) groups excluding carboxylic acids is 1. The zero-order chi connectivity index (χ0) is 16.4. The molecular weight excluding hydrogens is 312 g/mol. The Bertz CT molecular complexity index is 873. The van der Waals surface area contributed by atoms with Crippen molar-refractivity contribution in [1.29, 1.82) is 0 Å². The van der Waals surface area contributed by atoms with Crippen LogP contribution in [0.5, 0.6) is 0 Å². The van der Waals surface area contributed by atoms with Gasteiger partial charge < -0.3 is 5.32 Å². The first-order valence-corrected chi connectivity index (χ1v) is 7.46. The summed E-state index contributed by atoms with van der Waals surface area (Å²) < 4.78 is 1.53. The van der Waals surface area contributed by atoms with Gasteiger partial charge in [-0.3, -0.25) is 9.48 Å². The van der Waals surface area contributed by atoms with Gasteiger partial charge in [0, 0.05) is 18.8 Å². The van der Waals surface area contributed by atoms with E-state index in [0.29, 0.717) is 22.2 Å². The van der Waals surface area contributed by atoms with Crippen LogP contribution in [-0.2, 0) is 7.05 Å². The molecule has 23 heavy (non-hydrogen) atoms. The molecule has 3 rings (SSSR count). The lowest BCUT2D eigenvalue weighted by atomic mass is 10.1. The van der Waals surface area contributed by atoms with Crippen LogP contribution in [0.1, 0.15) is 16.1 Å². The zero-order valence-electron chi connectivity index (χ0n) is 12.7. The van der Waals surface area contributed by atoms with Gasteiger partial charge in [-0.2, -0.15) is 5.10 Å². The van der Waals surface area contributed by atoms with Gasteiger partial charge in [0.1, 0.15) is 11.5 Å². The Balaban J connectivity index is 1.91. The molecule has 0 radical (unpaired) electrons. The zero-order valence-corrected chi connectivity index (χ0v) is 13.5. The average Bonchev–Trinajstić information content (AvgIpc) is 2.92. The largest absolute Gasteiger partial charge is 0.305 e. The van der Waals surface area contributed by atoms with Crippen LogP contribution in [0, 0.1) is 6.92 Å². The molecule has 0 aliphatic heterocycles. The van der Waals surface area contributed by atoms with Crippen molar-refractivity contribution in [3.8, 4) is 11.3 Å². The van der Waals surface area contributed by atoms with Gasteiger partial charge in [0.2, 0.25) is 0 Å². The van der Waals surface area contributed by atoms with Gasteiger partial charge in [0.05, 0.1) is 10.7 Å². The molecule has 0 saturated heterocycles. The van der Waals surface area contributed by atoms with Crippen LogP contribution in [0.15, 0.2) is 48.7 Å². The number of amides is 1. The van der Waals surface area contributed by atoms with Gasteiger partial charge in [0.15, 0.2) is 0 Å². The van der Waals surface area contributed by atoms with Crippen LogP contribution in [0.2, 0.25) is 5.02 Å². The SMILES string of the molecule is Cc1cccnc1NC(=O)c1cc(-c2ccccc2Cl)nn1C. The highest BCUT2D eigenvalue weighted by atomic mass is 35.5. The van der Waals surface area contributed by atoms with E-state index in [-0.39, 0.29) is 5.91 Å². The number of pyridine rings is 1. The Hall–Kier alpha value is -2.66. The lowest BCUT2D eigenvalue weighted by Crippen LogP contribution is -2.17. The smallest absolute Gasteiger partial charge is 0.275 e. The predicted octanol–water partition coefficient (Wildman–Crippen LogP) is 3.70. The van der Waals surface area contributed by atoms with Crippen molar-refractivity contribution in [3.63, 3.8) is 0 Å². The first kappa shape index (κ1) is 15.2. The summed E-state index contributed by atoms with van der Waals surface area (Å²) in [6, 6.07) is 12.8. The molecule has 1 N–H and O–H groups in total. The topological polar surface area (TPSA) is 59.8 Å². The monoisotopic (exact) mass is 326 g/mol. The van der Waals surface area contributed by atoms with Crippen molar-refractivity contribution < 1.29 is 4.79 Å². The predicted molar refractivity (Wildman–Crippen MR) is 90.6 cm³/mol. The third-order valence-electron chi connectivity index (χ3n) is 3.50. The number of nitrogens with one attached hydrogen (secondary N) is 1. The van der Waals surface area contributed by atoms with E-state index < -0.39 is 0 Å². The lowest BCUT2D eigenvalue weighted by Gasteiger charge is -2.06. The second kappa shape index (κ2) is 6.22. The van der Waals surface area contributed by atoms with Crippen molar-refractivity contribution in [2.24, 2.45) is 7.05 Å². The maximum absolute atomic E-state index is 12.5. The minimum Gasteiger partial charge on any atom is -0.305 e. The van der Waals surface area contributed by atoms with Crippen LogP contribution in [0.4, 0.5) is 5.82 Å². The third-order valence-corrected chi connectivity index (χ3v) is 3.83. The van der Waals surface area contributed by atoms with Crippen molar-refractivity contribution in [2.75, 3.05) is 5.32 Å². The molecule has 5 nitrogen and oxygen atoms in total. The molecule has 1 aromatic carbocycles. The van der Waals surface area contributed by atoms with Gasteiger partial charge in [-0.15, -0.1) is 0 Å². The number of hydrogen-bond donors (Lipinski definition) is 1. The second-order valence-electron chi connectivity index (χ2n) is 5.14. The molecule has 0 bridgehead atoms. The standard InChI is InChI=1S/C17H15ClN4O/c1-11-6-5-9-19-16(11)20-17(23)15-10-14(21-22(15)2)12-7-3-4-8-13(12)18/h3-10H,1-2H3,(H,19,20,23). The van der Waals surface area contributed by atoms with Crippen molar-refractivity contribution >= 4 is 23.3 Å². The van der Waals surface area contributed by atoms with Crippen LogP contribution < -0.4 is 5.32 Å². The highest BCUT2D eigenvalue weighted by Crippen LogP contribution is 2.27. The van der Waals surface area contributed by atoms with E-state index in [4.69, 9.17) is 11.6 Å². The summed E-state index contributed by atoms with van der Waals surface area (Å²) >= 11 is 6.19. The highest BCUT2D eigenvalue weighted by molar-refractivity contribution is 6.33. The van der Waals surface area contributed by atoms with E-state index in [0.717, 1.165) is 11.1 Å². The fraction of sp³-hybridized carbons (Fsp3) is 0.118. The first-order chi connectivity index (χ1) is 11.1. The van der Waals surface area contributed by atoms with Crippen molar-refractivity contribution in [3.05, 3.63) is 64.9 Å². The van der Waals surface area contributed by atoms with Gasteiger partial charge in [-0.05, 0) is 30.7 Å². The number of aryl methyl sites for hydroxylation is 2. The van der Waals surface area contributed by atoms with Crippen LogP contribution in [0.3, 0.4) is 0 Å². The highest BCUT2D eigenvalue weighted by Gasteiger charge is 2.16. The number of anilines is 1. The molecule has 6 heteroatoms. The minimum absolute atomic E-state index is 0.264. The van der Waals surface area contributed by atoms with Gasteiger partial charge in [-0.25, -0.2) is 4.98 Å². The Kier molecular flexibility index (Phi) is 4.12. The molecule has 2 aromatic heterocycles. The average molecular weight is 327 g/mol.